The van der Waals surface area contributed by atoms with E-state index in [1.165, 1.54) is 21.5 Å². The molecule has 4 rings (SSSR count). The molecule has 0 saturated heterocycles. The van der Waals surface area contributed by atoms with Crippen molar-refractivity contribution in [3.05, 3.63) is 48.5 Å². The van der Waals surface area contributed by atoms with Gasteiger partial charge in [0.1, 0.15) is 0 Å². The van der Waals surface area contributed by atoms with Crippen LogP contribution in [0.2, 0.25) is 0 Å². The van der Waals surface area contributed by atoms with Gasteiger partial charge < -0.3 is 0 Å². The van der Waals surface area contributed by atoms with Gasteiger partial charge in [0.25, 0.3) is 0 Å². The number of hydrogen-bond donors (Lipinski definition) is 0. The second-order valence-corrected chi connectivity index (χ2v) is 3.12. The first kappa shape index (κ1) is 6.01. The van der Waals surface area contributed by atoms with E-state index in [0.29, 0.717) is 0 Å². The van der Waals surface area contributed by atoms with Gasteiger partial charge in [-0.1, -0.05) is 48.5 Å². The predicted molar refractivity (Wildman–Crippen MR) is 52.6 cm³/mol. The highest BCUT2D eigenvalue weighted by molar-refractivity contribution is 6.09. The van der Waals surface area contributed by atoms with Gasteiger partial charge in [-0.15, -0.1) is 0 Å². The summed E-state index contributed by atoms with van der Waals surface area (Å²) in [4.78, 5) is 0. The maximum atomic E-state index is 2.18. The zero-order valence-electron chi connectivity index (χ0n) is 6.62. The van der Waals surface area contributed by atoms with Gasteiger partial charge in [-0.25, -0.2) is 0 Å². The van der Waals surface area contributed by atoms with Crippen LogP contribution in [0.4, 0.5) is 0 Å². The van der Waals surface area contributed by atoms with Crippen molar-refractivity contribution in [1.82, 2.24) is 0 Å². The van der Waals surface area contributed by atoms with Crippen LogP contribution in [-0.4, -0.2) is 0 Å². The van der Waals surface area contributed by atoms with Crippen molar-refractivity contribution < 1.29 is 0 Å². The van der Waals surface area contributed by atoms with E-state index in [4.69, 9.17) is 0 Å². The Bertz CT molecular complexity index is 454. The molecule has 0 spiro atoms. The third-order valence-electron chi connectivity index (χ3n) is 2.43. The smallest absolute Gasteiger partial charge is 0.0105 e. The molecular weight excluding hydrogens is 144 g/mol. The molecule has 0 aromatic heterocycles. The van der Waals surface area contributed by atoms with Gasteiger partial charge in [0, 0.05) is 0 Å². The van der Waals surface area contributed by atoms with Crippen molar-refractivity contribution >= 4 is 21.5 Å². The fourth-order valence-electron chi connectivity index (χ4n) is 1.82. The Kier molecular flexibility index (Phi) is 0.991. The molecule has 0 unspecified atom stereocenters. The van der Waals surface area contributed by atoms with E-state index in [-0.39, 0.29) is 0 Å². The van der Waals surface area contributed by atoms with Gasteiger partial charge in [0.15, 0.2) is 0 Å². The second-order valence-electron chi connectivity index (χ2n) is 3.12. The zero-order valence-corrected chi connectivity index (χ0v) is 6.62. The standard InChI is InChI=1S/C12H8/c1-2-4-12-10-7-5-9(6-8-10)11(12)3-1/h1-8H. The van der Waals surface area contributed by atoms with E-state index >= 15 is 0 Å². The summed E-state index contributed by atoms with van der Waals surface area (Å²) in [5, 5.41) is 5.41. The van der Waals surface area contributed by atoms with Crippen molar-refractivity contribution in [2.24, 2.45) is 0 Å². The highest BCUT2D eigenvalue weighted by Crippen LogP contribution is 2.26. The Morgan fingerprint density at radius 2 is 0.917 bits per heavy atom. The number of benzene rings is 4. The summed E-state index contributed by atoms with van der Waals surface area (Å²) < 4.78 is 0. The molecule has 0 fully saturated rings. The molecular formula is C12H8. The minimum atomic E-state index is 1.33. The van der Waals surface area contributed by atoms with Crippen LogP contribution in [0.15, 0.2) is 48.5 Å². The van der Waals surface area contributed by atoms with Crippen molar-refractivity contribution in [1.29, 1.82) is 0 Å². The van der Waals surface area contributed by atoms with E-state index in [1.807, 2.05) is 0 Å². The molecule has 0 atom stereocenters. The molecule has 0 amide bonds. The third-order valence-corrected chi connectivity index (χ3v) is 2.43. The molecule has 0 radical (unpaired) electrons. The van der Waals surface area contributed by atoms with E-state index in [1.54, 1.807) is 0 Å². The Labute approximate surface area is 70.8 Å². The van der Waals surface area contributed by atoms with Gasteiger partial charge in [-0.05, 0) is 21.5 Å². The first-order valence-electron chi connectivity index (χ1n) is 4.15. The summed E-state index contributed by atoms with van der Waals surface area (Å²) in [7, 11) is 0. The van der Waals surface area contributed by atoms with Gasteiger partial charge in [0.05, 0.1) is 0 Å². The van der Waals surface area contributed by atoms with Crippen LogP contribution in [0.25, 0.3) is 21.5 Å². The van der Waals surface area contributed by atoms with Gasteiger partial charge >= 0.3 is 0 Å². The molecule has 0 saturated carbocycles. The average molecular weight is 152 g/mol. The lowest BCUT2D eigenvalue weighted by Gasteiger charge is -2.04. The molecule has 0 aliphatic carbocycles. The SMILES string of the molecule is c1ccc2c3ccc(cc3)c2c1. The predicted octanol–water partition coefficient (Wildman–Crippen LogP) is 3.43. The summed E-state index contributed by atoms with van der Waals surface area (Å²) in [5.41, 5.74) is 0. The van der Waals surface area contributed by atoms with Crippen LogP contribution in [0.3, 0.4) is 0 Å². The van der Waals surface area contributed by atoms with Crippen molar-refractivity contribution in [3.63, 3.8) is 0 Å². The van der Waals surface area contributed by atoms with E-state index in [9.17, 15) is 0 Å². The number of fused-ring (bicyclic) bond motifs is 2. The summed E-state index contributed by atoms with van der Waals surface area (Å²) >= 11 is 0. The average Bonchev–Trinajstić information content (AvgIpc) is 2.20. The lowest BCUT2D eigenvalue weighted by Crippen LogP contribution is -1.78. The van der Waals surface area contributed by atoms with Crippen molar-refractivity contribution in [3.8, 4) is 0 Å². The fraction of sp³-hybridized carbons (Fsp3) is 0. The lowest BCUT2D eigenvalue weighted by molar-refractivity contribution is 1.77. The van der Waals surface area contributed by atoms with E-state index < -0.39 is 0 Å². The Hall–Kier alpha value is -1.56. The first-order valence-corrected chi connectivity index (χ1v) is 4.15. The number of hydrogen-bond acceptors (Lipinski definition) is 0. The monoisotopic (exact) mass is 152 g/mol. The minimum Gasteiger partial charge on any atom is -0.0616 e. The van der Waals surface area contributed by atoms with Gasteiger partial charge in [0.2, 0.25) is 0 Å². The fourth-order valence-corrected chi connectivity index (χ4v) is 1.82. The maximum Gasteiger partial charge on any atom is -0.0105 e. The van der Waals surface area contributed by atoms with Crippen LogP contribution >= 0.6 is 0 Å². The van der Waals surface area contributed by atoms with Crippen LogP contribution < -0.4 is 0 Å². The van der Waals surface area contributed by atoms with E-state index in [0.717, 1.165) is 0 Å². The Balaban J connectivity index is 2.75. The van der Waals surface area contributed by atoms with Gasteiger partial charge in [-0.2, -0.15) is 0 Å². The molecule has 4 aromatic rings. The molecule has 0 aliphatic rings. The highest BCUT2D eigenvalue weighted by Gasteiger charge is 1.99. The molecule has 0 heteroatoms. The van der Waals surface area contributed by atoms with E-state index in [2.05, 4.69) is 48.5 Å². The molecule has 0 aliphatic heterocycles. The summed E-state index contributed by atoms with van der Waals surface area (Å²) in [6, 6.07) is 17.3. The highest BCUT2D eigenvalue weighted by atomic mass is 14.0. The first-order chi connectivity index (χ1) is 5.95. The lowest BCUT2D eigenvalue weighted by atomic mass is 10.00. The molecule has 12 heavy (non-hydrogen) atoms. The Morgan fingerprint density at radius 1 is 0.500 bits per heavy atom. The normalized spacial score (nSPS) is 11.3. The molecule has 56 valence electrons. The van der Waals surface area contributed by atoms with Crippen molar-refractivity contribution in [2.45, 2.75) is 0 Å². The summed E-state index contributed by atoms with van der Waals surface area (Å²) in [6.45, 7) is 0. The molecule has 4 aromatic carbocycles. The topological polar surface area (TPSA) is 0 Å². The largest absolute Gasteiger partial charge is 0.0616 e. The molecule has 0 nitrogen and oxygen atoms in total. The van der Waals surface area contributed by atoms with Crippen LogP contribution in [0, 0.1) is 0 Å². The quantitative estimate of drug-likeness (QED) is 0.463. The third kappa shape index (κ3) is 0.620. The van der Waals surface area contributed by atoms with Crippen LogP contribution in [0.1, 0.15) is 0 Å². The van der Waals surface area contributed by atoms with Crippen LogP contribution in [0.5, 0.6) is 0 Å². The summed E-state index contributed by atoms with van der Waals surface area (Å²) in [6.07, 6.45) is 0. The molecule has 0 heterocycles. The second kappa shape index (κ2) is 1.98. The maximum absolute atomic E-state index is 2.18. The van der Waals surface area contributed by atoms with Gasteiger partial charge in [-0.3, -0.25) is 0 Å². The minimum absolute atomic E-state index is 1.33. The molecule has 2 bridgehead atoms. The zero-order chi connectivity index (χ0) is 7.97. The van der Waals surface area contributed by atoms with Crippen molar-refractivity contribution in [2.75, 3.05) is 0 Å². The van der Waals surface area contributed by atoms with Crippen LogP contribution in [-0.2, 0) is 0 Å². The summed E-state index contributed by atoms with van der Waals surface area (Å²) in [5.74, 6) is 0. The Morgan fingerprint density at radius 3 is 1.33 bits per heavy atom. The molecule has 0 N–H and O–H groups in total. The number of rotatable bonds is 0.